The lowest BCUT2D eigenvalue weighted by molar-refractivity contribution is 0.0696. The Bertz CT molecular complexity index is 1690. The highest BCUT2D eigenvalue weighted by molar-refractivity contribution is 14.1. The summed E-state index contributed by atoms with van der Waals surface area (Å²) in [5.41, 5.74) is 3.24. The number of fused-ring (bicyclic) bond motifs is 3. The zero-order chi connectivity index (χ0) is 24.5. The second-order valence-electron chi connectivity index (χ2n) is 7.69. The minimum atomic E-state index is -0.983. The average molecular weight is 598 g/mol. The molecule has 1 N–H and O–H groups in total. The van der Waals surface area contributed by atoms with Crippen LogP contribution in [0.5, 0.6) is 11.5 Å². The Kier molecular flexibility index (Phi) is 6.44. The van der Waals surface area contributed by atoms with Crippen LogP contribution in [-0.4, -0.2) is 27.1 Å². The van der Waals surface area contributed by atoms with E-state index in [-0.39, 0.29) is 17.7 Å². The fourth-order valence-corrected chi connectivity index (χ4v) is 5.56. The SMILES string of the molecule is CCOc1cc(/C=c2\sc3nc4ccccc4n3c2=O)cc(I)c1OCc1cccc(C(=O)O)c1. The molecule has 176 valence electrons. The summed E-state index contributed by atoms with van der Waals surface area (Å²) in [6, 6.07) is 18.0. The number of ether oxygens (including phenoxy) is 2. The lowest BCUT2D eigenvalue weighted by Gasteiger charge is -2.15. The van der Waals surface area contributed by atoms with E-state index in [0.29, 0.717) is 27.6 Å². The predicted octanol–water partition coefficient (Wildman–Crippen LogP) is 4.74. The van der Waals surface area contributed by atoms with Gasteiger partial charge in [0.05, 0.1) is 31.3 Å². The summed E-state index contributed by atoms with van der Waals surface area (Å²) < 4.78 is 14.9. The molecule has 2 aromatic heterocycles. The summed E-state index contributed by atoms with van der Waals surface area (Å²) in [4.78, 5) is 29.6. The van der Waals surface area contributed by atoms with E-state index in [4.69, 9.17) is 9.47 Å². The highest BCUT2D eigenvalue weighted by Crippen LogP contribution is 2.35. The van der Waals surface area contributed by atoms with Crippen molar-refractivity contribution in [3.63, 3.8) is 0 Å². The minimum absolute atomic E-state index is 0.106. The molecule has 5 aromatic rings. The van der Waals surface area contributed by atoms with Crippen molar-refractivity contribution in [2.24, 2.45) is 0 Å². The van der Waals surface area contributed by atoms with E-state index in [0.717, 1.165) is 25.7 Å². The number of imidazole rings is 1. The van der Waals surface area contributed by atoms with Gasteiger partial charge in [0, 0.05) is 0 Å². The van der Waals surface area contributed by atoms with Crippen molar-refractivity contribution in [1.29, 1.82) is 0 Å². The lowest BCUT2D eigenvalue weighted by Crippen LogP contribution is -2.22. The molecule has 0 radical (unpaired) electrons. The number of rotatable bonds is 7. The van der Waals surface area contributed by atoms with E-state index in [1.165, 1.54) is 11.3 Å². The number of aromatic nitrogens is 2. The first-order valence-corrected chi connectivity index (χ1v) is 12.7. The van der Waals surface area contributed by atoms with Crippen LogP contribution in [0.15, 0.2) is 65.5 Å². The lowest BCUT2D eigenvalue weighted by atomic mass is 10.1. The number of carboxylic acid groups (broad SMARTS) is 1. The van der Waals surface area contributed by atoms with Crippen LogP contribution in [-0.2, 0) is 6.61 Å². The van der Waals surface area contributed by atoms with Crippen molar-refractivity contribution in [2.75, 3.05) is 6.61 Å². The molecule has 0 spiro atoms. The number of hydrogen-bond acceptors (Lipinski definition) is 6. The third-order valence-corrected chi connectivity index (χ3v) is 7.10. The summed E-state index contributed by atoms with van der Waals surface area (Å²) in [6.45, 7) is 2.52. The van der Waals surface area contributed by atoms with Gasteiger partial charge in [-0.3, -0.25) is 4.79 Å². The van der Waals surface area contributed by atoms with Crippen LogP contribution >= 0.6 is 33.9 Å². The van der Waals surface area contributed by atoms with Gasteiger partial charge in [-0.15, -0.1) is 0 Å². The van der Waals surface area contributed by atoms with Gasteiger partial charge in [-0.25, -0.2) is 14.2 Å². The van der Waals surface area contributed by atoms with Gasteiger partial charge in [0.15, 0.2) is 16.5 Å². The smallest absolute Gasteiger partial charge is 0.335 e. The number of aromatic carboxylic acids is 1. The number of hydrogen-bond donors (Lipinski definition) is 1. The Labute approximate surface area is 217 Å². The largest absolute Gasteiger partial charge is 0.490 e. The fourth-order valence-electron chi connectivity index (χ4n) is 3.79. The third kappa shape index (κ3) is 4.61. The molecule has 0 aliphatic rings. The molecule has 7 nitrogen and oxygen atoms in total. The molecule has 5 rings (SSSR count). The maximum Gasteiger partial charge on any atom is 0.335 e. The second kappa shape index (κ2) is 9.67. The first-order valence-electron chi connectivity index (χ1n) is 10.8. The molecule has 0 amide bonds. The highest BCUT2D eigenvalue weighted by atomic mass is 127. The molecule has 3 aromatic carbocycles. The first-order chi connectivity index (χ1) is 16.9. The molecule has 0 aliphatic heterocycles. The maximum atomic E-state index is 13.1. The number of halogens is 1. The second-order valence-corrected chi connectivity index (χ2v) is 9.86. The number of benzene rings is 3. The molecule has 35 heavy (non-hydrogen) atoms. The van der Waals surface area contributed by atoms with Crippen molar-refractivity contribution < 1.29 is 19.4 Å². The number of thiazole rings is 1. The number of carboxylic acids is 1. The first kappa shape index (κ1) is 23.3. The Balaban J connectivity index is 1.50. The van der Waals surface area contributed by atoms with Crippen LogP contribution in [0.1, 0.15) is 28.4 Å². The maximum absolute atomic E-state index is 13.1. The Morgan fingerprint density at radius 2 is 1.97 bits per heavy atom. The number of para-hydroxylation sites is 2. The van der Waals surface area contributed by atoms with Crippen LogP contribution in [0.3, 0.4) is 0 Å². The molecule has 0 fully saturated rings. The zero-order valence-electron chi connectivity index (χ0n) is 18.5. The average Bonchev–Trinajstić information content (AvgIpc) is 3.35. The normalized spacial score (nSPS) is 11.9. The molecule has 0 saturated carbocycles. The van der Waals surface area contributed by atoms with Crippen molar-refractivity contribution in [3.8, 4) is 11.5 Å². The van der Waals surface area contributed by atoms with E-state index >= 15 is 0 Å². The van der Waals surface area contributed by atoms with Crippen molar-refractivity contribution >= 4 is 62.0 Å². The summed E-state index contributed by atoms with van der Waals surface area (Å²) in [5, 5.41) is 9.22. The molecular weight excluding hydrogens is 579 g/mol. The Hall–Kier alpha value is -3.44. The molecule has 0 bridgehead atoms. The van der Waals surface area contributed by atoms with E-state index in [2.05, 4.69) is 27.6 Å². The van der Waals surface area contributed by atoms with Gasteiger partial charge in [-0.1, -0.05) is 35.6 Å². The quantitative estimate of drug-likeness (QED) is 0.273. The van der Waals surface area contributed by atoms with Crippen LogP contribution in [0.2, 0.25) is 0 Å². The summed E-state index contributed by atoms with van der Waals surface area (Å²) in [6.07, 6.45) is 1.83. The van der Waals surface area contributed by atoms with Gasteiger partial charge in [-0.05, 0) is 83.1 Å². The number of nitrogens with zero attached hydrogens (tertiary/aromatic N) is 2. The standard InChI is InChI=1S/C26H19IN2O5S/c1-2-33-21-12-16(11-18(27)23(21)34-14-15-6-5-7-17(10-15)25(31)32)13-22-24(30)29-20-9-4-3-8-19(20)28-26(29)35-22/h3-13H,2,14H2,1H3,(H,31,32)/b22-13-. The summed E-state index contributed by atoms with van der Waals surface area (Å²) >= 11 is 3.52. The molecule has 2 heterocycles. The van der Waals surface area contributed by atoms with Gasteiger partial charge >= 0.3 is 5.97 Å². The van der Waals surface area contributed by atoms with Gasteiger partial charge in [-0.2, -0.15) is 0 Å². The Morgan fingerprint density at radius 1 is 1.14 bits per heavy atom. The van der Waals surface area contributed by atoms with Crippen molar-refractivity contribution in [2.45, 2.75) is 13.5 Å². The van der Waals surface area contributed by atoms with Crippen LogP contribution < -0.4 is 19.6 Å². The molecular formula is C26H19IN2O5S. The van der Waals surface area contributed by atoms with Gasteiger partial charge in [0.25, 0.3) is 5.56 Å². The monoisotopic (exact) mass is 598 g/mol. The van der Waals surface area contributed by atoms with E-state index in [1.807, 2.05) is 55.5 Å². The van der Waals surface area contributed by atoms with Crippen molar-refractivity contribution in [3.05, 3.63) is 95.8 Å². The summed E-state index contributed by atoms with van der Waals surface area (Å²) in [5.74, 6) is 0.141. The predicted molar refractivity (Wildman–Crippen MR) is 144 cm³/mol. The third-order valence-electron chi connectivity index (χ3n) is 5.33. The zero-order valence-corrected chi connectivity index (χ0v) is 21.5. The highest BCUT2D eigenvalue weighted by Gasteiger charge is 2.14. The topological polar surface area (TPSA) is 90.1 Å². The number of carbonyl (C=O) groups is 1. The minimum Gasteiger partial charge on any atom is -0.490 e. The molecule has 0 aliphatic carbocycles. The van der Waals surface area contributed by atoms with Gasteiger partial charge in [0.2, 0.25) is 0 Å². The summed E-state index contributed by atoms with van der Waals surface area (Å²) in [7, 11) is 0. The fraction of sp³-hybridized carbons (Fsp3) is 0.115. The molecule has 0 atom stereocenters. The molecule has 0 saturated heterocycles. The van der Waals surface area contributed by atoms with Crippen LogP contribution in [0, 0.1) is 3.57 Å². The molecule has 0 unspecified atom stereocenters. The van der Waals surface area contributed by atoms with Crippen molar-refractivity contribution in [1.82, 2.24) is 9.38 Å². The Morgan fingerprint density at radius 3 is 2.77 bits per heavy atom. The van der Waals surface area contributed by atoms with E-state index < -0.39 is 5.97 Å². The van der Waals surface area contributed by atoms with Crippen LogP contribution in [0.25, 0.3) is 22.1 Å². The molecule has 9 heteroatoms. The van der Waals surface area contributed by atoms with Crippen LogP contribution in [0.4, 0.5) is 0 Å². The van der Waals surface area contributed by atoms with Gasteiger partial charge in [0.1, 0.15) is 6.61 Å². The van der Waals surface area contributed by atoms with E-state index in [9.17, 15) is 14.7 Å². The van der Waals surface area contributed by atoms with E-state index in [1.54, 1.807) is 22.6 Å². The van der Waals surface area contributed by atoms with Gasteiger partial charge < -0.3 is 14.6 Å².